The Bertz CT molecular complexity index is 679. The van der Waals surface area contributed by atoms with Crippen LogP contribution in [-0.4, -0.2) is 19.9 Å². The lowest BCUT2D eigenvalue weighted by molar-refractivity contribution is 0.515. The van der Waals surface area contributed by atoms with Gasteiger partial charge < -0.3 is 5.73 Å². The molecule has 20 heavy (non-hydrogen) atoms. The molecular weight excluding hydrogens is 308 g/mol. The Morgan fingerprint density at radius 1 is 1.30 bits per heavy atom. The lowest BCUT2D eigenvalue weighted by atomic mass is 10.3. The smallest absolute Gasteiger partial charge is 0.246 e. The zero-order chi connectivity index (χ0) is 14.8. The summed E-state index contributed by atoms with van der Waals surface area (Å²) in [7, 11) is -4.27. The average Bonchev–Trinajstić information content (AvgIpc) is 2.79. The topological polar surface area (TPSA) is 85.1 Å². The van der Waals surface area contributed by atoms with E-state index in [2.05, 4.69) is 9.71 Å². The van der Waals surface area contributed by atoms with Crippen LogP contribution in [0.15, 0.2) is 27.9 Å². The first-order chi connectivity index (χ1) is 9.40. The molecule has 1 heterocycles. The maximum atomic E-state index is 13.6. The van der Waals surface area contributed by atoms with Crippen molar-refractivity contribution in [3.8, 4) is 0 Å². The Balaban J connectivity index is 2.14. The summed E-state index contributed by atoms with van der Waals surface area (Å²) in [5, 5.41) is 1.76. The highest BCUT2D eigenvalue weighted by Gasteiger charge is 2.24. The van der Waals surface area contributed by atoms with Gasteiger partial charge in [0.1, 0.15) is 11.6 Å². The number of hydrogen-bond donors (Lipinski definition) is 2. The molecular formula is C11H11F2N3O2S2. The summed E-state index contributed by atoms with van der Waals surface area (Å²) in [4.78, 5) is 2.95. The Morgan fingerprint density at radius 2 is 1.95 bits per heavy atom. The number of sulfonamides is 1. The predicted octanol–water partition coefficient (Wildman–Crippen LogP) is 1.52. The van der Waals surface area contributed by atoms with E-state index >= 15 is 0 Å². The van der Waals surface area contributed by atoms with Crippen LogP contribution in [0, 0.1) is 11.6 Å². The number of aromatic nitrogens is 1. The quantitative estimate of drug-likeness (QED) is 0.818. The average molecular weight is 319 g/mol. The third-order valence-corrected chi connectivity index (χ3v) is 4.59. The third kappa shape index (κ3) is 3.30. The van der Waals surface area contributed by atoms with Gasteiger partial charge in [0.15, 0.2) is 4.90 Å². The molecule has 0 saturated carbocycles. The molecule has 0 saturated heterocycles. The number of anilines is 1. The van der Waals surface area contributed by atoms with E-state index in [1.807, 2.05) is 0 Å². The number of nitrogens with two attached hydrogens (primary N) is 1. The fraction of sp³-hybridized carbons (Fsp3) is 0.182. The molecule has 0 radical (unpaired) electrons. The van der Waals surface area contributed by atoms with Crippen molar-refractivity contribution in [1.29, 1.82) is 0 Å². The van der Waals surface area contributed by atoms with Crippen LogP contribution in [-0.2, 0) is 16.4 Å². The van der Waals surface area contributed by atoms with Gasteiger partial charge >= 0.3 is 0 Å². The molecule has 0 aliphatic heterocycles. The maximum Gasteiger partial charge on any atom is 0.246 e. The van der Waals surface area contributed by atoms with E-state index in [4.69, 9.17) is 5.73 Å². The van der Waals surface area contributed by atoms with E-state index in [9.17, 15) is 17.2 Å². The van der Waals surface area contributed by atoms with Crippen LogP contribution < -0.4 is 10.5 Å². The predicted molar refractivity (Wildman–Crippen MR) is 71.8 cm³/mol. The SMILES string of the molecule is Nc1cc(F)c(S(=O)(=O)NCCc2cscn2)c(F)c1. The first kappa shape index (κ1) is 14.8. The van der Waals surface area contributed by atoms with Crippen LogP contribution in [0.4, 0.5) is 14.5 Å². The Hall–Kier alpha value is -1.58. The molecule has 0 fully saturated rings. The number of hydrogen-bond acceptors (Lipinski definition) is 5. The van der Waals surface area contributed by atoms with Crippen molar-refractivity contribution < 1.29 is 17.2 Å². The second-order valence-corrected chi connectivity index (χ2v) is 6.36. The monoisotopic (exact) mass is 319 g/mol. The van der Waals surface area contributed by atoms with E-state index in [-0.39, 0.29) is 12.2 Å². The molecule has 0 bridgehead atoms. The molecule has 5 nitrogen and oxygen atoms in total. The zero-order valence-electron chi connectivity index (χ0n) is 10.1. The lowest BCUT2D eigenvalue weighted by Crippen LogP contribution is -2.27. The number of nitrogens with one attached hydrogen (secondary N) is 1. The molecule has 3 N–H and O–H groups in total. The fourth-order valence-electron chi connectivity index (χ4n) is 1.58. The van der Waals surface area contributed by atoms with Crippen molar-refractivity contribution in [3.05, 3.63) is 40.4 Å². The highest BCUT2D eigenvalue weighted by atomic mass is 32.2. The second kappa shape index (κ2) is 5.81. The van der Waals surface area contributed by atoms with E-state index in [1.54, 1.807) is 10.9 Å². The van der Waals surface area contributed by atoms with Gasteiger partial charge in [-0.15, -0.1) is 11.3 Å². The largest absolute Gasteiger partial charge is 0.399 e. The van der Waals surface area contributed by atoms with Gasteiger partial charge in [0.05, 0.1) is 11.2 Å². The van der Waals surface area contributed by atoms with Crippen molar-refractivity contribution in [2.75, 3.05) is 12.3 Å². The van der Waals surface area contributed by atoms with E-state index in [1.165, 1.54) is 11.3 Å². The molecule has 9 heteroatoms. The molecule has 0 atom stereocenters. The first-order valence-electron chi connectivity index (χ1n) is 5.51. The van der Waals surface area contributed by atoms with Crippen LogP contribution in [0.3, 0.4) is 0 Å². The zero-order valence-corrected chi connectivity index (χ0v) is 11.8. The Morgan fingerprint density at radius 3 is 2.50 bits per heavy atom. The van der Waals surface area contributed by atoms with Gasteiger partial charge in [-0.2, -0.15) is 0 Å². The third-order valence-electron chi connectivity index (χ3n) is 2.45. The van der Waals surface area contributed by atoms with Crippen molar-refractivity contribution >= 4 is 27.0 Å². The summed E-state index contributed by atoms with van der Waals surface area (Å²) in [5.41, 5.74) is 7.37. The molecule has 0 aliphatic rings. The Labute approximate surface area is 118 Å². The standard InChI is InChI=1S/C11H11F2N3O2S2/c12-9-3-7(14)4-10(13)11(9)20(17,18)16-2-1-8-5-19-6-15-8/h3-6,16H,1-2,14H2. The summed E-state index contributed by atoms with van der Waals surface area (Å²) >= 11 is 1.38. The molecule has 108 valence electrons. The molecule has 2 rings (SSSR count). The van der Waals surface area contributed by atoms with Gasteiger partial charge in [0.2, 0.25) is 10.0 Å². The number of thiazole rings is 1. The molecule has 0 spiro atoms. The molecule has 0 aliphatic carbocycles. The number of benzene rings is 1. The number of nitrogens with zero attached hydrogens (tertiary/aromatic N) is 1. The summed E-state index contributed by atoms with van der Waals surface area (Å²) in [6, 6.07) is 1.52. The summed E-state index contributed by atoms with van der Waals surface area (Å²) in [6.07, 6.45) is 0.334. The van der Waals surface area contributed by atoms with E-state index in [0.717, 1.165) is 12.1 Å². The minimum absolute atomic E-state index is 0.00464. The van der Waals surface area contributed by atoms with E-state index in [0.29, 0.717) is 12.1 Å². The minimum atomic E-state index is -4.27. The number of rotatable bonds is 5. The van der Waals surface area contributed by atoms with Gasteiger partial charge in [-0.1, -0.05) is 0 Å². The molecule has 0 unspecified atom stereocenters. The van der Waals surface area contributed by atoms with Crippen molar-refractivity contribution in [1.82, 2.24) is 9.71 Å². The number of halogens is 2. The highest BCUT2D eigenvalue weighted by Crippen LogP contribution is 2.21. The van der Waals surface area contributed by atoms with Crippen LogP contribution in [0.25, 0.3) is 0 Å². The maximum absolute atomic E-state index is 13.6. The normalized spacial score (nSPS) is 11.7. The Kier molecular flexibility index (Phi) is 4.31. The van der Waals surface area contributed by atoms with Crippen molar-refractivity contribution in [2.24, 2.45) is 0 Å². The van der Waals surface area contributed by atoms with Crippen LogP contribution in [0.1, 0.15) is 5.69 Å². The van der Waals surface area contributed by atoms with Crippen molar-refractivity contribution in [2.45, 2.75) is 11.3 Å². The fourth-order valence-corrected chi connectivity index (χ4v) is 3.32. The van der Waals surface area contributed by atoms with Crippen LogP contribution in [0.2, 0.25) is 0 Å². The van der Waals surface area contributed by atoms with Gasteiger partial charge in [0.25, 0.3) is 0 Å². The van der Waals surface area contributed by atoms with Crippen molar-refractivity contribution in [3.63, 3.8) is 0 Å². The molecule has 2 aromatic rings. The molecule has 1 aromatic carbocycles. The molecule has 0 amide bonds. The van der Waals surface area contributed by atoms with Crippen LogP contribution in [0.5, 0.6) is 0 Å². The highest BCUT2D eigenvalue weighted by molar-refractivity contribution is 7.89. The molecule has 1 aromatic heterocycles. The summed E-state index contributed by atoms with van der Waals surface area (Å²) in [6.45, 7) is -0.00464. The first-order valence-corrected chi connectivity index (χ1v) is 7.94. The summed E-state index contributed by atoms with van der Waals surface area (Å²) in [5.74, 6) is -2.44. The number of nitrogen functional groups attached to an aromatic ring is 1. The lowest BCUT2D eigenvalue weighted by Gasteiger charge is -2.08. The minimum Gasteiger partial charge on any atom is -0.399 e. The van der Waals surface area contributed by atoms with Gasteiger partial charge in [-0.25, -0.2) is 26.9 Å². The second-order valence-electron chi connectivity index (χ2n) is 3.94. The van der Waals surface area contributed by atoms with Crippen LogP contribution >= 0.6 is 11.3 Å². The van der Waals surface area contributed by atoms with E-state index < -0.39 is 26.6 Å². The van der Waals surface area contributed by atoms with Gasteiger partial charge in [-0.05, 0) is 12.1 Å². The summed E-state index contributed by atoms with van der Waals surface area (Å²) < 4.78 is 53.0. The van der Waals surface area contributed by atoms with Gasteiger partial charge in [0, 0.05) is 24.0 Å². The van der Waals surface area contributed by atoms with Gasteiger partial charge in [-0.3, -0.25) is 0 Å².